The van der Waals surface area contributed by atoms with Gasteiger partial charge in [0.15, 0.2) is 5.82 Å². The van der Waals surface area contributed by atoms with Gasteiger partial charge in [-0.25, -0.2) is 14.2 Å². The predicted molar refractivity (Wildman–Crippen MR) is 77.7 cm³/mol. The Morgan fingerprint density at radius 1 is 1.52 bits per heavy atom. The van der Waals surface area contributed by atoms with Crippen LogP contribution in [0.2, 0.25) is 0 Å². The highest BCUT2D eigenvalue weighted by molar-refractivity contribution is 5.68. The average Bonchev–Trinajstić information content (AvgIpc) is 2.87. The molecule has 1 atom stereocenters. The minimum absolute atomic E-state index is 0.243. The highest BCUT2D eigenvalue weighted by atomic mass is 19.1. The molecule has 0 N–H and O–H groups in total. The van der Waals surface area contributed by atoms with Crippen LogP contribution in [0.15, 0.2) is 12.3 Å². The Balaban J connectivity index is 1.96. The van der Waals surface area contributed by atoms with Gasteiger partial charge in [0.05, 0.1) is 17.5 Å². The van der Waals surface area contributed by atoms with E-state index in [9.17, 15) is 19.3 Å². The molecule has 23 heavy (non-hydrogen) atoms. The zero-order valence-electron chi connectivity index (χ0n) is 13.1. The molecule has 1 fully saturated rings. The monoisotopic (exact) mass is 327 g/mol. The van der Waals surface area contributed by atoms with Crippen LogP contribution in [0, 0.1) is 15.9 Å². The molecular formula is C14H18FN3O5. The molecule has 2 heterocycles. The number of carbonyl (C=O) groups excluding carboxylic acids is 1. The van der Waals surface area contributed by atoms with Crippen LogP contribution in [0.3, 0.4) is 0 Å². The second kappa shape index (κ2) is 6.35. The molecule has 1 amide bonds. The third-order valence-corrected chi connectivity index (χ3v) is 3.08. The fourth-order valence-electron chi connectivity index (χ4n) is 2.08. The highest BCUT2D eigenvalue weighted by Gasteiger charge is 2.31. The van der Waals surface area contributed by atoms with Crippen molar-refractivity contribution in [1.82, 2.24) is 9.88 Å². The fraction of sp³-hybridized carbons (Fsp3) is 0.571. The van der Waals surface area contributed by atoms with E-state index in [0.717, 1.165) is 12.3 Å². The van der Waals surface area contributed by atoms with Crippen LogP contribution in [0.5, 0.6) is 5.88 Å². The van der Waals surface area contributed by atoms with E-state index in [1.54, 1.807) is 20.8 Å². The maximum Gasteiger partial charge on any atom is 0.410 e. The molecule has 1 aliphatic heterocycles. The number of aromatic nitrogens is 1. The van der Waals surface area contributed by atoms with Crippen molar-refractivity contribution in [2.75, 3.05) is 13.1 Å². The van der Waals surface area contributed by atoms with Gasteiger partial charge in [-0.2, -0.15) is 0 Å². The number of ether oxygens (including phenoxy) is 2. The first-order chi connectivity index (χ1) is 10.7. The summed E-state index contributed by atoms with van der Waals surface area (Å²) < 4.78 is 24.4. The van der Waals surface area contributed by atoms with Crippen LogP contribution < -0.4 is 4.74 Å². The Kier molecular flexibility index (Phi) is 4.67. The maximum atomic E-state index is 13.7. The van der Waals surface area contributed by atoms with Crippen molar-refractivity contribution in [2.45, 2.75) is 38.9 Å². The van der Waals surface area contributed by atoms with Crippen LogP contribution in [0.25, 0.3) is 0 Å². The summed E-state index contributed by atoms with van der Waals surface area (Å²) in [6, 6.07) is 0.753. The first-order valence-corrected chi connectivity index (χ1v) is 7.10. The standard InChI is InChI=1S/C14H18FN3O5/c1-14(2,3)23-13(19)17-5-4-10(8-17)22-12-11(15)6-9(7-16-12)18(20)21/h6-7,10H,4-5,8H2,1-3H3/t10-/m0/s1. The molecule has 0 aliphatic carbocycles. The predicted octanol–water partition coefficient (Wildman–Crippen LogP) is 2.52. The number of pyridine rings is 1. The molecule has 0 spiro atoms. The van der Waals surface area contributed by atoms with E-state index >= 15 is 0 Å². The maximum absolute atomic E-state index is 13.7. The van der Waals surface area contributed by atoms with Crippen LogP contribution >= 0.6 is 0 Å². The van der Waals surface area contributed by atoms with Gasteiger partial charge in [-0.3, -0.25) is 10.1 Å². The lowest BCUT2D eigenvalue weighted by Crippen LogP contribution is -2.36. The molecule has 0 radical (unpaired) electrons. The number of carbonyl (C=O) groups is 1. The van der Waals surface area contributed by atoms with E-state index in [1.165, 1.54) is 4.90 Å². The number of halogens is 1. The SMILES string of the molecule is CC(C)(C)OC(=O)N1CC[C@H](Oc2ncc([N+](=O)[O-])cc2F)C1. The minimum Gasteiger partial charge on any atom is -0.470 e. The fourth-order valence-corrected chi connectivity index (χ4v) is 2.08. The van der Waals surface area contributed by atoms with E-state index in [4.69, 9.17) is 9.47 Å². The summed E-state index contributed by atoms with van der Waals surface area (Å²) in [4.78, 5) is 26.8. The molecule has 2 rings (SSSR count). The normalized spacial score (nSPS) is 17.9. The summed E-state index contributed by atoms with van der Waals surface area (Å²) in [6.07, 6.45) is 0.530. The molecule has 8 nitrogen and oxygen atoms in total. The third-order valence-electron chi connectivity index (χ3n) is 3.08. The van der Waals surface area contributed by atoms with Gasteiger partial charge in [-0.1, -0.05) is 0 Å². The summed E-state index contributed by atoms with van der Waals surface area (Å²) in [5.41, 5.74) is -1.04. The van der Waals surface area contributed by atoms with Gasteiger partial charge in [0.25, 0.3) is 11.6 Å². The Morgan fingerprint density at radius 3 is 2.78 bits per heavy atom. The Morgan fingerprint density at radius 2 is 2.22 bits per heavy atom. The number of amides is 1. The molecule has 0 bridgehead atoms. The zero-order valence-corrected chi connectivity index (χ0v) is 13.1. The van der Waals surface area contributed by atoms with Crippen molar-refractivity contribution in [3.8, 4) is 5.88 Å². The molecule has 0 aromatic carbocycles. The minimum atomic E-state index is -0.907. The second-order valence-electron chi connectivity index (χ2n) is 6.19. The van der Waals surface area contributed by atoms with Gasteiger partial charge in [-0.05, 0) is 20.8 Å². The van der Waals surface area contributed by atoms with Gasteiger partial charge >= 0.3 is 6.09 Å². The largest absolute Gasteiger partial charge is 0.470 e. The summed E-state index contributed by atoms with van der Waals surface area (Å²) in [5, 5.41) is 10.5. The van der Waals surface area contributed by atoms with Crippen LogP contribution in [0.1, 0.15) is 27.2 Å². The van der Waals surface area contributed by atoms with Gasteiger partial charge in [0.2, 0.25) is 0 Å². The van der Waals surface area contributed by atoms with Crippen molar-refractivity contribution in [2.24, 2.45) is 0 Å². The van der Waals surface area contributed by atoms with E-state index in [2.05, 4.69) is 4.98 Å². The van der Waals surface area contributed by atoms with Crippen molar-refractivity contribution in [3.05, 3.63) is 28.2 Å². The lowest BCUT2D eigenvalue weighted by atomic mass is 10.2. The molecule has 0 saturated carbocycles. The number of hydrogen-bond donors (Lipinski definition) is 0. The second-order valence-corrected chi connectivity index (χ2v) is 6.19. The molecule has 0 unspecified atom stereocenters. The van der Waals surface area contributed by atoms with Gasteiger partial charge in [0.1, 0.15) is 17.9 Å². The van der Waals surface area contributed by atoms with E-state index in [1.807, 2.05) is 0 Å². The lowest BCUT2D eigenvalue weighted by Gasteiger charge is -2.24. The summed E-state index contributed by atoms with van der Waals surface area (Å²) in [5.74, 6) is -1.22. The Labute approximate surface area is 132 Å². The highest BCUT2D eigenvalue weighted by Crippen LogP contribution is 2.23. The molecule has 9 heteroatoms. The van der Waals surface area contributed by atoms with Gasteiger partial charge in [-0.15, -0.1) is 0 Å². The van der Waals surface area contributed by atoms with E-state index in [-0.39, 0.29) is 12.4 Å². The van der Waals surface area contributed by atoms with Crippen LogP contribution in [-0.2, 0) is 4.74 Å². The number of rotatable bonds is 3. The molecule has 126 valence electrons. The van der Waals surface area contributed by atoms with Crippen molar-refractivity contribution in [3.63, 3.8) is 0 Å². The summed E-state index contributed by atoms with van der Waals surface area (Å²) >= 11 is 0. The Hall–Kier alpha value is -2.45. The molecule has 1 aromatic rings. The number of hydrogen-bond acceptors (Lipinski definition) is 6. The first kappa shape index (κ1) is 16.9. The van der Waals surface area contributed by atoms with Gasteiger partial charge < -0.3 is 14.4 Å². The zero-order chi connectivity index (χ0) is 17.2. The molecule has 1 aromatic heterocycles. The Bertz CT molecular complexity index is 617. The van der Waals surface area contributed by atoms with Crippen molar-refractivity contribution >= 4 is 11.8 Å². The smallest absolute Gasteiger partial charge is 0.410 e. The van der Waals surface area contributed by atoms with E-state index in [0.29, 0.717) is 13.0 Å². The average molecular weight is 327 g/mol. The summed E-state index contributed by atoms with van der Waals surface area (Å²) in [6.45, 7) is 5.97. The quantitative estimate of drug-likeness (QED) is 0.625. The first-order valence-electron chi connectivity index (χ1n) is 7.10. The molecule has 1 aliphatic rings. The lowest BCUT2D eigenvalue weighted by molar-refractivity contribution is -0.385. The number of nitrogens with zero attached hydrogens (tertiary/aromatic N) is 3. The molecular weight excluding hydrogens is 309 g/mol. The van der Waals surface area contributed by atoms with Gasteiger partial charge in [0, 0.05) is 13.0 Å². The third kappa shape index (κ3) is 4.51. The van der Waals surface area contributed by atoms with Crippen LogP contribution in [-0.4, -0.2) is 45.7 Å². The number of nitro groups is 1. The summed E-state index contributed by atoms with van der Waals surface area (Å²) in [7, 11) is 0. The number of likely N-dealkylation sites (tertiary alicyclic amines) is 1. The van der Waals surface area contributed by atoms with E-state index < -0.39 is 34.2 Å². The topological polar surface area (TPSA) is 94.8 Å². The van der Waals surface area contributed by atoms with Crippen LogP contribution in [0.4, 0.5) is 14.9 Å². The van der Waals surface area contributed by atoms with Crippen molar-refractivity contribution < 1.29 is 23.6 Å². The molecule has 1 saturated heterocycles. The van der Waals surface area contributed by atoms with Crippen molar-refractivity contribution in [1.29, 1.82) is 0 Å².